The average molecular weight is 228 g/mol. The molecule has 7 nitrogen and oxygen atoms in total. The molecule has 0 saturated carbocycles. The van der Waals surface area contributed by atoms with Gasteiger partial charge in [-0.15, -0.1) is 10.2 Å². The van der Waals surface area contributed by atoms with Gasteiger partial charge in [-0.1, -0.05) is 0 Å². The fraction of sp³-hybridized carbons (Fsp3) is 0.667. The van der Waals surface area contributed by atoms with Crippen molar-refractivity contribution in [3.63, 3.8) is 0 Å². The highest BCUT2D eigenvalue weighted by Gasteiger charge is 2.23. The quantitative estimate of drug-likeness (QED) is 0.784. The molecule has 0 spiro atoms. The van der Waals surface area contributed by atoms with Crippen molar-refractivity contribution in [1.82, 2.24) is 10.2 Å². The van der Waals surface area contributed by atoms with E-state index in [1.807, 2.05) is 0 Å². The van der Waals surface area contributed by atoms with E-state index in [9.17, 15) is 4.79 Å². The van der Waals surface area contributed by atoms with E-state index in [1.54, 1.807) is 0 Å². The summed E-state index contributed by atoms with van der Waals surface area (Å²) in [5.74, 6) is -0.322. The number of rotatable bonds is 5. The van der Waals surface area contributed by atoms with Crippen molar-refractivity contribution in [2.24, 2.45) is 0 Å². The maximum atomic E-state index is 10.2. The summed E-state index contributed by atoms with van der Waals surface area (Å²) in [7, 11) is 0. The topological polar surface area (TPSA) is 94.7 Å². The molecule has 1 aliphatic rings. The second-order valence-corrected chi connectivity index (χ2v) is 3.42. The molecule has 0 bridgehead atoms. The molecule has 1 fully saturated rings. The molecule has 2 heterocycles. The van der Waals surface area contributed by atoms with E-state index >= 15 is 0 Å². The Hall–Kier alpha value is -1.47. The van der Waals surface area contributed by atoms with Gasteiger partial charge in [0, 0.05) is 6.61 Å². The lowest BCUT2D eigenvalue weighted by atomic mass is 10.2. The highest BCUT2D eigenvalue weighted by Crippen LogP contribution is 2.27. The predicted octanol–water partition coefficient (Wildman–Crippen LogP) is 0.522. The Labute approximate surface area is 91.4 Å². The molecule has 16 heavy (non-hydrogen) atoms. The van der Waals surface area contributed by atoms with Gasteiger partial charge >= 0.3 is 5.97 Å². The molecule has 1 aromatic heterocycles. The fourth-order valence-electron chi connectivity index (χ4n) is 1.45. The van der Waals surface area contributed by atoms with Crippen LogP contribution in [-0.2, 0) is 20.9 Å². The zero-order chi connectivity index (χ0) is 11.4. The first-order chi connectivity index (χ1) is 7.75. The van der Waals surface area contributed by atoms with Crippen LogP contribution >= 0.6 is 0 Å². The largest absolute Gasteiger partial charge is 0.480 e. The van der Waals surface area contributed by atoms with Gasteiger partial charge in [-0.3, -0.25) is 0 Å². The summed E-state index contributed by atoms with van der Waals surface area (Å²) in [5.41, 5.74) is 0. The third-order valence-electron chi connectivity index (χ3n) is 2.14. The van der Waals surface area contributed by atoms with Gasteiger partial charge in [0.25, 0.3) is 0 Å². The lowest BCUT2D eigenvalue weighted by molar-refractivity contribution is -0.142. The van der Waals surface area contributed by atoms with Crippen LogP contribution in [0.4, 0.5) is 0 Å². The van der Waals surface area contributed by atoms with Gasteiger partial charge in [0.1, 0.15) is 19.3 Å². The summed E-state index contributed by atoms with van der Waals surface area (Å²) in [6.07, 6.45) is 1.73. The molecule has 1 aromatic rings. The molecule has 7 heteroatoms. The SMILES string of the molecule is O=C(O)COCc1nnc(C2CCCO2)o1. The molecule has 0 amide bonds. The Kier molecular flexibility index (Phi) is 3.47. The van der Waals surface area contributed by atoms with Crippen molar-refractivity contribution in [2.75, 3.05) is 13.2 Å². The number of carboxylic acids is 1. The van der Waals surface area contributed by atoms with E-state index in [-0.39, 0.29) is 25.2 Å². The smallest absolute Gasteiger partial charge is 0.329 e. The third-order valence-corrected chi connectivity index (χ3v) is 2.14. The minimum absolute atomic E-state index is 0.00597. The van der Waals surface area contributed by atoms with E-state index < -0.39 is 5.97 Å². The highest BCUT2D eigenvalue weighted by atomic mass is 16.5. The van der Waals surface area contributed by atoms with Gasteiger partial charge < -0.3 is 19.0 Å². The number of aliphatic carboxylic acids is 1. The number of nitrogens with zero attached hydrogens (tertiary/aromatic N) is 2. The van der Waals surface area contributed by atoms with Gasteiger partial charge in [0.05, 0.1) is 0 Å². The summed E-state index contributed by atoms with van der Waals surface area (Å²) in [6.45, 7) is 0.335. The van der Waals surface area contributed by atoms with Crippen molar-refractivity contribution in [3.8, 4) is 0 Å². The van der Waals surface area contributed by atoms with E-state index in [2.05, 4.69) is 10.2 Å². The molecule has 1 atom stereocenters. The first kappa shape index (κ1) is 11.0. The van der Waals surface area contributed by atoms with Crippen LogP contribution < -0.4 is 0 Å². The van der Waals surface area contributed by atoms with Crippen LogP contribution in [-0.4, -0.2) is 34.5 Å². The normalized spacial score (nSPS) is 20.1. The lowest BCUT2D eigenvalue weighted by Crippen LogP contribution is -2.06. The van der Waals surface area contributed by atoms with Crippen molar-refractivity contribution < 1.29 is 23.8 Å². The number of carboxylic acid groups (broad SMARTS) is 1. The maximum Gasteiger partial charge on any atom is 0.329 e. The van der Waals surface area contributed by atoms with Crippen molar-refractivity contribution in [1.29, 1.82) is 0 Å². The highest BCUT2D eigenvalue weighted by molar-refractivity contribution is 5.67. The minimum Gasteiger partial charge on any atom is -0.480 e. The summed E-state index contributed by atoms with van der Waals surface area (Å²) >= 11 is 0. The summed E-state index contributed by atoms with van der Waals surface area (Å²) in [6, 6.07) is 0. The van der Waals surface area contributed by atoms with E-state index in [0.29, 0.717) is 12.5 Å². The van der Waals surface area contributed by atoms with Crippen molar-refractivity contribution in [3.05, 3.63) is 11.8 Å². The lowest BCUT2D eigenvalue weighted by Gasteiger charge is -2.01. The average Bonchev–Trinajstić information content (AvgIpc) is 2.85. The fourth-order valence-corrected chi connectivity index (χ4v) is 1.45. The number of aromatic nitrogens is 2. The molecule has 88 valence electrons. The Morgan fingerprint density at radius 2 is 2.44 bits per heavy atom. The molecule has 1 aliphatic heterocycles. The molecule has 1 saturated heterocycles. The van der Waals surface area contributed by atoms with E-state index in [1.165, 1.54) is 0 Å². The Morgan fingerprint density at radius 1 is 1.56 bits per heavy atom. The van der Waals surface area contributed by atoms with Crippen LogP contribution in [0.2, 0.25) is 0 Å². The van der Waals surface area contributed by atoms with Crippen LogP contribution in [0.25, 0.3) is 0 Å². The van der Waals surface area contributed by atoms with Gasteiger partial charge in [-0.25, -0.2) is 4.79 Å². The molecule has 1 N–H and O–H groups in total. The van der Waals surface area contributed by atoms with Crippen LogP contribution in [0.1, 0.15) is 30.7 Å². The second-order valence-electron chi connectivity index (χ2n) is 3.42. The molecule has 0 aliphatic carbocycles. The minimum atomic E-state index is -1.03. The van der Waals surface area contributed by atoms with Crippen molar-refractivity contribution >= 4 is 5.97 Å². The maximum absolute atomic E-state index is 10.2. The van der Waals surface area contributed by atoms with E-state index in [4.69, 9.17) is 19.0 Å². The first-order valence-electron chi connectivity index (χ1n) is 4.99. The predicted molar refractivity (Wildman–Crippen MR) is 49.5 cm³/mol. The summed E-state index contributed by atoms with van der Waals surface area (Å²) < 4.78 is 15.5. The van der Waals surface area contributed by atoms with Crippen molar-refractivity contribution in [2.45, 2.75) is 25.6 Å². The monoisotopic (exact) mass is 228 g/mol. The molecule has 0 radical (unpaired) electrons. The number of carbonyl (C=O) groups is 1. The van der Waals surface area contributed by atoms with Gasteiger partial charge in [-0.05, 0) is 12.8 Å². The zero-order valence-electron chi connectivity index (χ0n) is 8.59. The zero-order valence-corrected chi connectivity index (χ0v) is 8.59. The van der Waals surface area contributed by atoms with Crippen LogP contribution in [0.3, 0.4) is 0 Å². The number of ether oxygens (including phenoxy) is 2. The van der Waals surface area contributed by atoms with Gasteiger partial charge in [0.15, 0.2) is 0 Å². The first-order valence-corrected chi connectivity index (χ1v) is 4.99. The van der Waals surface area contributed by atoms with Crippen LogP contribution in [0.5, 0.6) is 0 Å². The third kappa shape index (κ3) is 2.77. The molecule has 0 aromatic carbocycles. The van der Waals surface area contributed by atoms with E-state index in [0.717, 1.165) is 12.8 Å². The van der Waals surface area contributed by atoms with Crippen LogP contribution in [0.15, 0.2) is 4.42 Å². The molecular formula is C9H12N2O5. The van der Waals surface area contributed by atoms with Crippen LogP contribution in [0, 0.1) is 0 Å². The second kappa shape index (κ2) is 5.04. The number of hydrogen-bond donors (Lipinski definition) is 1. The van der Waals surface area contributed by atoms with Gasteiger partial charge in [0.2, 0.25) is 11.8 Å². The summed E-state index contributed by atoms with van der Waals surface area (Å²) in [4.78, 5) is 10.2. The summed E-state index contributed by atoms with van der Waals surface area (Å²) in [5, 5.41) is 15.9. The van der Waals surface area contributed by atoms with Gasteiger partial charge in [-0.2, -0.15) is 0 Å². The number of hydrogen-bond acceptors (Lipinski definition) is 6. The molecular weight excluding hydrogens is 216 g/mol. The molecule has 1 unspecified atom stereocenters. The standard InChI is InChI=1S/C9H12N2O5/c12-8(13)5-14-4-7-10-11-9(16-7)6-2-1-3-15-6/h6H,1-5H2,(H,12,13). The Bertz CT molecular complexity index is 359. The molecule has 2 rings (SSSR count). The Balaban J connectivity index is 1.84. The Morgan fingerprint density at radius 3 is 3.12 bits per heavy atom.